The number of aliphatic hydroxyl groups excluding tert-OH is 1. The van der Waals surface area contributed by atoms with Gasteiger partial charge in [0.05, 0.1) is 25.7 Å². The third kappa shape index (κ3) is 4.17. The largest absolute Gasteiger partial charge is 0.497 e. The zero-order chi connectivity index (χ0) is 32.4. The molecule has 0 radical (unpaired) electrons. The van der Waals surface area contributed by atoms with Gasteiger partial charge in [0.15, 0.2) is 17.1 Å². The quantitative estimate of drug-likeness (QED) is 0.359. The standard InChI is InChI=1S/C35H38N2O9/c1-19(2)31(38)36-25-11-8-16-37(25)32(39)28-26(20-9-6-5-7-10-20)35(21-12-14-22(42-3)15-13-21)33(40)34(28,41)27-23(46-35)17-24-29(30(27)43-4)45-18-44-24/h5-7,9-10,12-15,17,19,25-26,28,33,40-41H,8,11,16,18H2,1-4H3,(H,36,38)/t25-,26+,28-,33-,34+,35+/m1/s1. The van der Waals surface area contributed by atoms with Crippen molar-refractivity contribution in [2.24, 2.45) is 11.8 Å². The van der Waals surface area contributed by atoms with Crippen LogP contribution in [0.15, 0.2) is 60.7 Å². The predicted molar refractivity (Wildman–Crippen MR) is 165 cm³/mol. The molecular formula is C35H38N2O9. The molecule has 3 aliphatic heterocycles. The van der Waals surface area contributed by atoms with Gasteiger partial charge < -0.3 is 44.1 Å². The third-order valence-electron chi connectivity index (χ3n) is 9.89. The van der Waals surface area contributed by atoms with Crippen LogP contribution in [0.5, 0.6) is 28.7 Å². The van der Waals surface area contributed by atoms with E-state index >= 15 is 4.79 Å². The van der Waals surface area contributed by atoms with E-state index in [0.717, 1.165) is 0 Å². The molecule has 1 aliphatic carbocycles. The highest BCUT2D eigenvalue weighted by Crippen LogP contribution is 2.70. The van der Waals surface area contributed by atoms with E-state index in [9.17, 15) is 15.0 Å². The summed E-state index contributed by atoms with van der Waals surface area (Å²) in [6.07, 6.45) is -0.999. The summed E-state index contributed by atoms with van der Waals surface area (Å²) in [5, 5.41) is 28.9. The van der Waals surface area contributed by atoms with Gasteiger partial charge in [-0.1, -0.05) is 56.3 Å². The van der Waals surface area contributed by atoms with Crippen LogP contribution in [0, 0.1) is 11.8 Å². The van der Waals surface area contributed by atoms with Crippen molar-refractivity contribution in [3.63, 3.8) is 0 Å². The van der Waals surface area contributed by atoms with Crippen LogP contribution in [-0.2, 0) is 20.8 Å². The monoisotopic (exact) mass is 630 g/mol. The molecule has 3 aromatic carbocycles. The topological polar surface area (TPSA) is 136 Å². The van der Waals surface area contributed by atoms with Crippen LogP contribution in [0.4, 0.5) is 0 Å². The van der Waals surface area contributed by atoms with Gasteiger partial charge in [0.25, 0.3) is 0 Å². The Morgan fingerprint density at radius 1 is 1.02 bits per heavy atom. The van der Waals surface area contributed by atoms with Crippen LogP contribution in [-0.4, -0.2) is 66.8 Å². The smallest absolute Gasteiger partial charge is 0.231 e. The summed E-state index contributed by atoms with van der Waals surface area (Å²) >= 11 is 0. The minimum Gasteiger partial charge on any atom is -0.497 e. The van der Waals surface area contributed by atoms with Crippen molar-refractivity contribution in [2.45, 2.75) is 56.1 Å². The Bertz CT molecular complexity index is 1660. The molecule has 2 bridgehead atoms. The van der Waals surface area contributed by atoms with Gasteiger partial charge in [-0.25, -0.2) is 0 Å². The first-order chi connectivity index (χ1) is 22.2. The number of likely N-dealkylation sites (tertiary alicyclic amines) is 1. The van der Waals surface area contributed by atoms with Gasteiger partial charge in [-0.3, -0.25) is 9.59 Å². The second-order valence-corrected chi connectivity index (χ2v) is 12.6. The number of nitrogens with zero attached hydrogens (tertiary/aromatic N) is 1. The van der Waals surface area contributed by atoms with Gasteiger partial charge in [-0.05, 0) is 36.1 Å². The zero-order valence-corrected chi connectivity index (χ0v) is 26.2. The maximum absolute atomic E-state index is 15.1. The Morgan fingerprint density at radius 3 is 2.43 bits per heavy atom. The van der Waals surface area contributed by atoms with Crippen LogP contribution >= 0.6 is 0 Å². The number of carbonyl (C=O) groups is 2. The Kier molecular flexibility index (Phi) is 7.28. The summed E-state index contributed by atoms with van der Waals surface area (Å²) in [6, 6.07) is 18.0. The van der Waals surface area contributed by atoms with E-state index in [1.165, 1.54) is 7.11 Å². The molecule has 7 rings (SSSR count). The average Bonchev–Trinajstić information content (AvgIpc) is 3.76. The number of ether oxygens (including phenoxy) is 5. The molecule has 4 aliphatic rings. The fourth-order valence-corrected chi connectivity index (χ4v) is 7.78. The maximum atomic E-state index is 15.1. The summed E-state index contributed by atoms with van der Waals surface area (Å²) in [5.41, 5.74) is -2.55. The molecule has 6 atom stereocenters. The molecule has 3 aromatic rings. The van der Waals surface area contributed by atoms with Crippen molar-refractivity contribution in [1.82, 2.24) is 10.2 Å². The molecule has 0 spiro atoms. The number of rotatable bonds is 7. The van der Waals surface area contributed by atoms with Gasteiger partial charge in [-0.15, -0.1) is 0 Å². The SMILES string of the molecule is COc1ccc([C@@]23Oc4cc5c(c(OC)c4[C@@](O)([C@H]2O)[C@@H](C(=O)N2CCC[C@@H]2NC(=O)C(C)C)[C@@H]3c2ccccc2)OCO5)cc1. The van der Waals surface area contributed by atoms with Crippen LogP contribution in [0.25, 0.3) is 0 Å². The first kappa shape index (κ1) is 30.2. The number of aliphatic hydroxyl groups is 2. The summed E-state index contributed by atoms with van der Waals surface area (Å²) in [5.74, 6) is -1.54. The number of methoxy groups -OCH3 is 2. The zero-order valence-electron chi connectivity index (χ0n) is 26.2. The number of amides is 2. The van der Waals surface area contributed by atoms with Gasteiger partial charge in [0.2, 0.25) is 24.4 Å². The minimum absolute atomic E-state index is 0.0702. The van der Waals surface area contributed by atoms with E-state index in [1.54, 1.807) is 56.2 Å². The lowest BCUT2D eigenvalue weighted by Gasteiger charge is -2.45. The van der Waals surface area contributed by atoms with Crippen LogP contribution < -0.4 is 29.0 Å². The molecule has 2 fully saturated rings. The number of fused-ring (bicyclic) bond motifs is 5. The lowest BCUT2D eigenvalue weighted by Crippen LogP contribution is -2.56. The van der Waals surface area contributed by atoms with Crippen molar-refractivity contribution in [1.29, 1.82) is 0 Å². The highest BCUT2D eigenvalue weighted by atomic mass is 16.7. The average molecular weight is 631 g/mol. The molecule has 1 saturated heterocycles. The molecule has 3 N–H and O–H groups in total. The van der Waals surface area contributed by atoms with Crippen LogP contribution in [0.1, 0.15) is 49.3 Å². The van der Waals surface area contributed by atoms with Crippen LogP contribution in [0.3, 0.4) is 0 Å². The van der Waals surface area contributed by atoms with Crippen molar-refractivity contribution in [3.8, 4) is 28.7 Å². The lowest BCUT2D eigenvalue weighted by atomic mass is 9.75. The van der Waals surface area contributed by atoms with Gasteiger partial charge in [-0.2, -0.15) is 0 Å². The minimum atomic E-state index is -2.23. The summed E-state index contributed by atoms with van der Waals surface area (Å²) in [6.45, 7) is 3.89. The summed E-state index contributed by atoms with van der Waals surface area (Å²) in [4.78, 5) is 29.6. The Hall–Kier alpha value is -4.48. The fraction of sp³-hybridized carbons (Fsp3) is 0.429. The predicted octanol–water partition coefficient (Wildman–Crippen LogP) is 3.40. The Morgan fingerprint density at radius 2 is 1.76 bits per heavy atom. The van der Waals surface area contributed by atoms with E-state index in [4.69, 9.17) is 23.7 Å². The molecule has 0 unspecified atom stereocenters. The Labute approximate surface area is 267 Å². The molecule has 3 heterocycles. The van der Waals surface area contributed by atoms with Crippen molar-refractivity contribution in [2.75, 3.05) is 27.6 Å². The summed E-state index contributed by atoms with van der Waals surface area (Å²) < 4.78 is 29.6. The molecular weight excluding hydrogens is 592 g/mol. The lowest BCUT2D eigenvalue weighted by molar-refractivity contribution is -0.167. The highest BCUT2D eigenvalue weighted by molar-refractivity contribution is 5.86. The molecule has 2 amide bonds. The van der Waals surface area contributed by atoms with E-state index < -0.39 is 41.2 Å². The first-order valence-corrected chi connectivity index (χ1v) is 15.6. The third-order valence-corrected chi connectivity index (χ3v) is 9.89. The second kappa shape index (κ2) is 11.1. The highest BCUT2D eigenvalue weighted by Gasteiger charge is 2.77. The Balaban J connectivity index is 1.49. The van der Waals surface area contributed by atoms with Gasteiger partial charge in [0, 0.05) is 24.4 Å². The number of hydrogen-bond acceptors (Lipinski definition) is 9. The van der Waals surface area contributed by atoms with E-state index in [-0.39, 0.29) is 41.4 Å². The second-order valence-electron chi connectivity index (χ2n) is 12.6. The van der Waals surface area contributed by atoms with E-state index in [2.05, 4.69) is 5.32 Å². The first-order valence-electron chi connectivity index (χ1n) is 15.6. The van der Waals surface area contributed by atoms with Gasteiger partial charge >= 0.3 is 0 Å². The molecule has 1 saturated carbocycles. The molecule has 46 heavy (non-hydrogen) atoms. The molecule has 242 valence electrons. The van der Waals surface area contributed by atoms with Crippen molar-refractivity contribution >= 4 is 11.8 Å². The van der Waals surface area contributed by atoms with E-state index in [0.29, 0.717) is 42.0 Å². The number of nitrogens with one attached hydrogen (secondary N) is 1. The number of hydrogen-bond donors (Lipinski definition) is 3. The molecule has 11 heteroatoms. The van der Waals surface area contributed by atoms with Gasteiger partial charge in [0.1, 0.15) is 29.4 Å². The number of carbonyl (C=O) groups excluding carboxylic acids is 2. The van der Waals surface area contributed by atoms with Crippen LogP contribution in [0.2, 0.25) is 0 Å². The molecule has 11 nitrogen and oxygen atoms in total. The fourth-order valence-electron chi connectivity index (χ4n) is 7.78. The normalized spacial score (nSPS) is 28.9. The summed E-state index contributed by atoms with van der Waals surface area (Å²) in [7, 11) is 2.99. The number of benzene rings is 3. The van der Waals surface area contributed by atoms with E-state index in [1.807, 2.05) is 30.3 Å². The maximum Gasteiger partial charge on any atom is 0.231 e. The molecule has 0 aromatic heterocycles. The van der Waals surface area contributed by atoms with Crippen molar-refractivity contribution < 1.29 is 43.5 Å². The van der Waals surface area contributed by atoms with Crippen molar-refractivity contribution in [3.05, 3.63) is 77.4 Å².